The zero-order valence-corrected chi connectivity index (χ0v) is 10.1. The van der Waals surface area contributed by atoms with Crippen molar-refractivity contribution in [2.75, 3.05) is 13.6 Å². The Kier molecular flexibility index (Phi) is 4.43. The zero-order valence-electron chi connectivity index (χ0n) is 10.1. The second-order valence-corrected chi connectivity index (χ2v) is 4.13. The molecule has 1 amide bonds. The Morgan fingerprint density at radius 3 is 2.88 bits per heavy atom. The molecule has 2 N–H and O–H groups in total. The number of aromatic nitrogens is 1. The highest BCUT2D eigenvalue weighted by Gasteiger charge is 2.14. The lowest BCUT2D eigenvalue weighted by Gasteiger charge is -2.18. The predicted molar refractivity (Wildman–Crippen MR) is 64.2 cm³/mol. The maximum atomic E-state index is 12.0. The van der Waals surface area contributed by atoms with Gasteiger partial charge in [0.15, 0.2) is 0 Å². The van der Waals surface area contributed by atoms with Crippen LogP contribution in [0, 0.1) is 6.92 Å². The number of hydrogen-bond donors (Lipinski definition) is 1. The number of aryl methyl sites for hydroxylation is 1. The molecule has 0 saturated carbocycles. The van der Waals surface area contributed by atoms with Crippen LogP contribution in [0.15, 0.2) is 18.3 Å². The molecule has 1 aromatic heterocycles. The van der Waals surface area contributed by atoms with Crippen molar-refractivity contribution in [2.45, 2.75) is 26.3 Å². The van der Waals surface area contributed by atoms with E-state index in [0.29, 0.717) is 12.1 Å². The zero-order chi connectivity index (χ0) is 12.1. The molecule has 88 valence electrons. The van der Waals surface area contributed by atoms with Crippen molar-refractivity contribution in [3.05, 3.63) is 29.6 Å². The average molecular weight is 221 g/mol. The van der Waals surface area contributed by atoms with Gasteiger partial charge in [-0.15, -0.1) is 0 Å². The molecule has 0 bridgehead atoms. The molecular formula is C12H19N3O. The summed E-state index contributed by atoms with van der Waals surface area (Å²) >= 11 is 0. The summed E-state index contributed by atoms with van der Waals surface area (Å²) in [5.74, 6) is 0.00579. The molecule has 4 heteroatoms. The number of nitrogens with zero attached hydrogens (tertiary/aromatic N) is 2. The van der Waals surface area contributed by atoms with Gasteiger partial charge in [-0.1, -0.05) is 0 Å². The largest absolute Gasteiger partial charge is 0.342 e. The quantitative estimate of drug-likeness (QED) is 0.831. The molecule has 1 rings (SSSR count). The standard InChI is InChI=1S/C12H19N3O/c1-9(13)6-8-15(3)12(16)11-5-4-7-14-10(11)2/h4-5,7,9H,6,8,13H2,1-3H3. The topological polar surface area (TPSA) is 59.2 Å². The average Bonchev–Trinajstić information content (AvgIpc) is 2.25. The maximum absolute atomic E-state index is 12.0. The predicted octanol–water partition coefficient (Wildman–Crippen LogP) is 1.20. The summed E-state index contributed by atoms with van der Waals surface area (Å²) in [5, 5.41) is 0. The molecule has 0 saturated heterocycles. The third kappa shape index (κ3) is 3.31. The SMILES string of the molecule is Cc1ncccc1C(=O)N(C)CCC(C)N. The summed E-state index contributed by atoms with van der Waals surface area (Å²) in [5.41, 5.74) is 7.08. The molecule has 0 spiro atoms. The third-order valence-corrected chi connectivity index (χ3v) is 2.50. The second kappa shape index (κ2) is 5.61. The second-order valence-electron chi connectivity index (χ2n) is 4.13. The number of pyridine rings is 1. The Balaban J connectivity index is 2.67. The van der Waals surface area contributed by atoms with Crippen LogP contribution in [0.2, 0.25) is 0 Å². The van der Waals surface area contributed by atoms with Gasteiger partial charge in [0, 0.05) is 31.5 Å². The van der Waals surface area contributed by atoms with E-state index in [4.69, 9.17) is 5.73 Å². The lowest BCUT2D eigenvalue weighted by atomic mass is 10.1. The molecular weight excluding hydrogens is 202 g/mol. The fraction of sp³-hybridized carbons (Fsp3) is 0.500. The summed E-state index contributed by atoms with van der Waals surface area (Å²) < 4.78 is 0. The normalized spacial score (nSPS) is 12.2. The molecule has 0 aliphatic rings. The molecule has 16 heavy (non-hydrogen) atoms. The summed E-state index contributed by atoms with van der Waals surface area (Å²) in [6.45, 7) is 4.45. The van der Waals surface area contributed by atoms with Gasteiger partial charge in [-0.3, -0.25) is 9.78 Å². The van der Waals surface area contributed by atoms with Crippen LogP contribution in [-0.4, -0.2) is 35.4 Å². The van der Waals surface area contributed by atoms with Gasteiger partial charge < -0.3 is 10.6 Å². The van der Waals surface area contributed by atoms with Crippen molar-refractivity contribution in [1.29, 1.82) is 0 Å². The van der Waals surface area contributed by atoms with Crippen molar-refractivity contribution in [1.82, 2.24) is 9.88 Å². The highest BCUT2D eigenvalue weighted by Crippen LogP contribution is 2.07. The van der Waals surface area contributed by atoms with Crippen LogP contribution in [0.5, 0.6) is 0 Å². The van der Waals surface area contributed by atoms with E-state index in [1.165, 1.54) is 0 Å². The molecule has 0 fully saturated rings. The molecule has 0 aliphatic heterocycles. The number of amides is 1. The fourth-order valence-electron chi connectivity index (χ4n) is 1.41. The van der Waals surface area contributed by atoms with Crippen molar-refractivity contribution < 1.29 is 4.79 Å². The molecule has 4 nitrogen and oxygen atoms in total. The van der Waals surface area contributed by atoms with Crippen LogP contribution in [0.1, 0.15) is 29.4 Å². The number of carbonyl (C=O) groups is 1. The van der Waals surface area contributed by atoms with Crippen molar-refractivity contribution in [2.24, 2.45) is 5.73 Å². The fourth-order valence-corrected chi connectivity index (χ4v) is 1.41. The van der Waals surface area contributed by atoms with E-state index in [-0.39, 0.29) is 11.9 Å². The molecule has 1 heterocycles. The van der Waals surface area contributed by atoms with Crippen LogP contribution in [0.4, 0.5) is 0 Å². The molecule has 1 atom stereocenters. The highest BCUT2D eigenvalue weighted by atomic mass is 16.2. The van der Waals surface area contributed by atoms with Gasteiger partial charge in [-0.25, -0.2) is 0 Å². The van der Waals surface area contributed by atoms with Crippen LogP contribution >= 0.6 is 0 Å². The monoisotopic (exact) mass is 221 g/mol. The first-order valence-electron chi connectivity index (χ1n) is 5.45. The van der Waals surface area contributed by atoms with E-state index in [0.717, 1.165) is 12.1 Å². The Morgan fingerprint density at radius 2 is 2.31 bits per heavy atom. The lowest BCUT2D eigenvalue weighted by Crippen LogP contribution is -2.31. The van der Waals surface area contributed by atoms with Crippen molar-refractivity contribution in [3.63, 3.8) is 0 Å². The number of hydrogen-bond acceptors (Lipinski definition) is 3. The molecule has 1 aromatic rings. The van der Waals surface area contributed by atoms with E-state index in [1.807, 2.05) is 13.8 Å². The van der Waals surface area contributed by atoms with Crippen LogP contribution in [0.3, 0.4) is 0 Å². The Labute approximate surface area is 96.5 Å². The molecule has 0 radical (unpaired) electrons. The summed E-state index contributed by atoms with van der Waals surface area (Å²) in [7, 11) is 1.79. The van der Waals surface area contributed by atoms with Crippen LogP contribution in [0.25, 0.3) is 0 Å². The van der Waals surface area contributed by atoms with Gasteiger partial charge in [0.05, 0.1) is 5.56 Å². The van der Waals surface area contributed by atoms with Gasteiger partial charge in [0.25, 0.3) is 5.91 Å². The van der Waals surface area contributed by atoms with Crippen LogP contribution < -0.4 is 5.73 Å². The van der Waals surface area contributed by atoms with E-state index in [1.54, 1.807) is 30.3 Å². The Bertz CT molecular complexity index is 363. The maximum Gasteiger partial charge on any atom is 0.255 e. The van der Waals surface area contributed by atoms with Crippen LogP contribution in [-0.2, 0) is 0 Å². The number of nitrogens with two attached hydrogens (primary N) is 1. The Hall–Kier alpha value is -1.42. The first kappa shape index (κ1) is 12.6. The molecule has 1 unspecified atom stereocenters. The van der Waals surface area contributed by atoms with Gasteiger partial charge in [-0.05, 0) is 32.4 Å². The van der Waals surface area contributed by atoms with Crippen molar-refractivity contribution >= 4 is 5.91 Å². The van der Waals surface area contributed by atoms with E-state index in [2.05, 4.69) is 4.98 Å². The van der Waals surface area contributed by atoms with Crippen molar-refractivity contribution in [3.8, 4) is 0 Å². The highest BCUT2D eigenvalue weighted by molar-refractivity contribution is 5.94. The van der Waals surface area contributed by atoms with E-state index < -0.39 is 0 Å². The van der Waals surface area contributed by atoms with Gasteiger partial charge in [-0.2, -0.15) is 0 Å². The van der Waals surface area contributed by atoms with Gasteiger partial charge >= 0.3 is 0 Å². The van der Waals surface area contributed by atoms with E-state index >= 15 is 0 Å². The minimum absolute atomic E-state index is 0.00579. The first-order valence-corrected chi connectivity index (χ1v) is 5.45. The summed E-state index contributed by atoms with van der Waals surface area (Å²) in [4.78, 5) is 17.8. The van der Waals surface area contributed by atoms with E-state index in [9.17, 15) is 4.79 Å². The smallest absolute Gasteiger partial charge is 0.255 e. The number of carbonyl (C=O) groups excluding carboxylic acids is 1. The first-order chi connectivity index (χ1) is 7.52. The lowest BCUT2D eigenvalue weighted by molar-refractivity contribution is 0.0790. The minimum atomic E-state index is 0.00579. The molecule has 0 aromatic carbocycles. The Morgan fingerprint density at radius 1 is 1.62 bits per heavy atom. The molecule has 0 aliphatic carbocycles. The van der Waals surface area contributed by atoms with Gasteiger partial charge in [0.2, 0.25) is 0 Å². The third-order valence-electron chi connectivity index (χ3n) is 2.50. The summed E-state index contributed by atoms with van der Waals surface area (Å²) in [6, 6.07) is 3.69. The minimum Gasteiger partial charge on any atom is -0.342 e. The summed E-state index contributed by atoms with van der Waals surface area (Å²) in [6.07, 6.45) is 2.50. The van der Waals surface area contributed by atoms with Gasteiger partial charge in [0.1, 0.15) is 0 Å². The number of rotatable bonds is 4.